The van der Waals surface area contributed by atoms with Crippen LogP contribution < -0.4 is 5.32 Å². The number of halogens is 1. The molecule has 122 valence electrons. The highest BCUT2D eigenvalue weighted by molar-refractivity contribution is 9.10. The SMILES string of the molecule is CC(C)(OC(=O)c1ccc2cc(Br)ccc2c1)C1CCNCC1. The third-order valence-electron chi connectivity index (χ3n) is 4.72. The molecule has 1 saturated heterocycles. The lowest BCUT2D eigenvalue weighted by molar-refractivity contribution is -0.0368. The van der Waals surface area contributed by atoms with Gasteiger partial charge >= 0.3 is 5.97 Å². The Morgan fingerprint density at radius 3 is 2.52 bits per heavy atom. The first-order chi connectivity index (χ1) is 11.0. The van der Waals surface area contributed by atoms with Crippen LogP contribution in [0.25, 0.3) is 10.8 Å². The summed E-state index contributed by atoms with van der Waals surface area (Å²) in [7, 11) is 0. The van der Waals surface area contributed by atoms with Crippen molar-refractivity contribution in [3.63, 3.8) is 0 Å². The molecule has 1 aliphatic heterocycles. The molecule has 0 bridgehead atoms. The molecule has 1 aliphatic rings. The lowest BCUT2D eigenvalue weighted by atomic mass is 9.83. The summed E-state index contributed by atoms with van der Waals surface area (Å²) in [5.74, 6) is 0.169. The van der Waals surface area contributed by atoms with E-state index in [2.05, 4.69) is 21.2 Å². The summed E-state index contributed by atoms with van der Waals surface area (Å²) in [6, 6.07) is 11.8. The Bertz CT molecular complexity index is 720. The fourth-order valence-electron chi connectivity index (χ4n) is 3.24. The van der Waals surface area contributed by atoms with Gasteiger partial charge in [-0.15, -0.1) is 0 Å². The van der Waals surface area contributed by atoms with Crippen LogP contribution in [-0.2, 0) is 4.74 Å². The van der Waals surface area contributed by atoms with Gasteiger partial charge in [0.1, 0.15) is 5.60 Å². The van der Waals surface area contributed by atoms with E-state index < -0.39 is 5.60 Å². The first kappa shape index (κ1) is 16.5. The maximum Gasteiger partial charge on any atom is 0.338 e. The van der Waals surface area contributed by atoms with Gasteiger partial charge in [0.2, 0.25) is 0 Å². The van der Waals surface area contributed by atoms with E-state index in [0.717, 1.165) is 41.2 Å². The van der Waals surface area contributed by atoms with Crippen molar-refractivity contribution in [3.8, 4) is 0 Å². The van der Waals surface area contributed by atoms with Crippen molar-refractivity contribution < 1.29 is 9.53 Å². The van der Waals surface area contributed by atoms with E-state index in [0.29, 0.717) is 11.5 Å². The Labute approximate surface area is 145 Å². The van der Waals surface area contributed by atoms with Gasteiger partial charge in [0, 0.05) is 10.4 Å². The van der Waals surface area contributed by atoms with Crippen LogP contribution in [0.1, 0.15) is 37.0 Å². The van der Waals surface area contributed by atoms with Gasteiger partial charge in [-0.05, 0) is 74.8 Å². The molecule has 0 atom stereocenters. The molecule has 3 nitrogen and oxygen atoms in total. The summed E-state index contributed by atoms with van der Waals surface area (Å²) >= 11 is 3.47. The van der Waals surface area contributed by atoms with E-state index in [4.69, 9.17) is 4.74 Å². The molecular formula is C19H22BrNO2. The normalized spacial score (nSPS) is 16.5. The molecule has 0 aliphatic carbocycles. The molecule has 2 aromatic carbocycles. The van der Waals surface area contributed by atoms with E-state index in [1.54, 1.807) is 0 Å². The number of carbonyl (C=O) groups excluding carboxylic acids is 1. The second-order valence-electron chi connectivity index (χ2n) is 6.72. The quantitative estimate of drug-likeness (QED) is 0.800. The largest absolute Gasteiger partial charge is 0.456 e. The van der Waals surface area contributed by atoms with Crippen molar-refractivity contribution in [2.24, 2.45) is 5.92 Å². The topological polar surface area (TPSA) is 38.3 Å². The lowest BCUT2D eigenvalue weighted by Gasteiger charge is -2.36. The van der Waals surface area contributed by atoms with Crippen LogP contribution in [0.2, 0.25) is 0 Å². The Balaban J connectivity index is 1.78. The predicted octanol–water partition coefficient (Wildman–Crippen LogP) is 4.54. The lowest BCUT2D eigenvalue weighted by Crippen LogP contribution is -2.42. The average Bonchev–Trinajstić information content (AvgIpc) is 2.54. The molecule has 1 N–H and O–H groups in total. The number of hydrogen-bond donors (Lipinski definition) is 1. The van der Waals surface area contributed by atoms with E-state index in [9.17, 15) is 4.79 Å². The molecule has 0 aromatic heterocycles. The number of esters is 1. The Morgan fingerprint density at radius 1 is 1.13 bits per heavy atom. The highest BCUT2D eigenvalue weighted by Gasteiger charge is 2.34. The van der Waals surface area contributed by atoms with Gasteiger partial charge in [-0.2, -0.15) is 0 Å². The molecule has 1 fully saturated rings. The highest BCUT2D eigenvalue weighted by Crippen LogP contribution is 2.30. The molecule has 4 heteroatoms. The number of carbonyl (C=O) groups is 1. The third-order valence-corrected chi connectivity index (χ3v) is 5.21. The molecule has 0 saturated carbocycles. The summed E-state index contributed by atoms with van der Waals surface area (Å²) in [6.45, 7) is 6.05. The second kappa shape index (κ2) is 6.62. The van der Waals surface area contributed by atoms with Gasteiger partial charge in [0.25, 0.3) is 0 Å². The van der Waals surface area contributed by atoms with Crippen LogP contribution in [0.3, 0.4) is 0 Å². The zero-order chi connectivity index (χ0) is 16.4. The standard InChI is InChI=1S/C19H22BrNO2/c1-19(2,16-7-9-21-10-8-16)23-18(22)15-4-3-14-12-17(20)6-5-13(14)11-15/h3-6,11-12,16,21H,7-10H2,1-2H3. The zero-order valence-electron chi connectivity index (χ0n) is 13.6. The summed E-state index contributed by atoms with van der Waals surface area (Å²) in [6.07, 6.45) is 2.10. The fourth-order valence-corrected chi connectivity index (χ4v) is 3.62. The molecule has 2 aromatic rings. The van der Waals surface area contributed by atoms with Crippen LogP contribution >= 0.6 is 15.9 Å². The monoisotopic (exact) mass is 375 g/mol. The van der Waals surface area contributed by atoms with Crippen LogP contribution in [0.5, 0.6) is 0 Å². The first-order valence-electron chi connectivity index (χ1n) is 8.09. The minimum atomic E-state index is -0.437. The number of rotatable bonds is 3. The van der Waals surface area contributed by atoms with Crippen molar-refractivity contribution in [2.75, 3.05) is 13.1 Å². The van der Waals surface area contributed by atoms with Gasteiger partial charge in [0.05, 0.1) is 5.56 Å². The molecule has 1 heterocycles. The van der Waals surface area contributed by atoms with Crippen molar-refractivity contribution in [1.29, 1.82) is 0 Å². The van der Waals surface area contributed by atoms with E-state index >= 15 is 0 Å². The number of piperidine rings is 1. The van der Waals surface area contributed by atoms with Crippen LogP contribution in [-0.4, -0.2) is 24.7 Å². The van der Waals surface area contributed by atoms with E-state index in [1.165, 1.54) is 0 Å². The molecule has 0 unspecified atom stereocenters. The molecule has 0 amide bonds. The Hall–Kier alpha value is -1.39. The summed E-state index contributed by atoms with van der Waals surface area (Å²) in [4.78, 5) is 12.6. The fraction of sp³-hybridized carbons (Fsp3) is 0.421. The van der Waals surface area contributed by atoms with Crippen molar-refractivity contribution in [3.05, 3.63) is 46.4 Å². The highest BCUT2D eigenvalue weighted by atomic mass is 79.9. The van der Waals surface area contributed by atoms with Crippen molar-refractivity contribution in [1.82, 2.24) is 5.32 Å². The third kappa shape index (κ3) is 3.75. The van der Waals surface area contributed by atoms with Gasteiger partial charge in [-0.25, -0.2) is 4.79 Å². The molecule has 3 rings (SSSR count). The minimum Gasteiger partial charge on any atom is -0.456 e. The molecule has 0 spiro atoms. The summed E-state index contributed by atoms with van der Waals surface area (Å²) < 4.78 is 6.89. The van der Waals surface area contributed by atoms with Crippen LogP contribution in [0, 0.1) is 5.92 Å². The van der Waals surface area contributed by atoms with Crippen molar-refractivity contribution in [2.45, 2.75) is 32.3 Å². The molecule has 23 heavy (non-hydrogen) atoms. The second-order valence-corrected chi connectivity index (χ2v) is 7.64. The Kier molecular flexibility index (Phi) is 4.74. The number of benzene rings is 2. The number of nitrogens with one attached hydrogen (secondary N) is 1. The van der Waals surface area contributed by atoms with Crippen molar-refractivity contribution >= 4 is 32.7 Å². The summed E-state index contributed by atoms with van der Waals surface area (Å²) in [5.41, 5.74) is 0.176. The van der Waals surface area contributed by atoms with E-state index in [1.807, 2.05) is 50.2 Å². The average molecular weight is 376 g/mol. The maximum absolute atomic E-state index is 12.6. The smallest absolute Gasteiger partial charge is 0.338 e. The molecule has 0 radical (unpaired) electrons. The van der Waals surface area contributed by atoms with E-state index in [-0.39, 0.29) is 5.97 Å². The number of hydrogen-bond acceptors (Lipinski definition) is 3. The Morgan fingerprint density at radius 2 is 1.78 bits per heavy atom. The van der Waals surface area contributed by atoms with Gasteiger partial charge in [-0.3, -0.25) is 0 Å². The zero-order valence-corrected chi connectivity index (χ0v) is 15.2. The van der Waals surface area contributed by atoms with Gasteiger partial charge in [-0.1, -0.05) is 28.1 Å². The van der Waals surface area contributed by atoms with Crippen LogP contribution in [0.4, 0.5) is 0 Å². The predicted molar refractivity (Wildman–Crippen MR) is 96.7 cm³/mol. The van der Waals surface area contributed by atoms with Gasteiger partial charge < -0.3 is 10.1 Å². The maximum atomic E-state index is 12.6. The number of ether oxygens (including phenoxy) is 1. The summed E-state index contributed by atoms with van der Waals surface area (Å²) in [5, 5.41) is 5.50. The minimum absolute atomic E-state index is 0.238. The van der Waals surface area contributed by atoms with Crippen LogP contribution in [0.15, 0.2) is 40.9 Å². The molecular weight excluding hydrogens is 354 g/mol. The first-order valence-corrected chi connectivity index (χ1v) is 8.88. The number of fused-ring (bicyclic) bond motifs is 1. The van der Waals surface area contributed by atoms with Gasteiger partial charge in [0.15, 0.2) is 0 Å².